The van der Waals surface area contributed by atoms with Crippen LogP contribution in [0.1, 0.15) is 50.4 Å². The zero-order valence-electron chi connectivity index (χ0n) is 19.9. The van der Waals surface area contributed by atoms with Crippen LogP contribution < -0.4 is 9.67 Å². The highest BCUT2D eigenvalue weighted by Crippen LogP contribution is 2.39. The molecule has 176 valence electrons. The Morgan fingerprint density at radius 1 is 1.00 bits per heavy atom. The van der Waals surface area contributed by atoms with Crippen LogP contribution in [0.4, 0.5) is 4.39 Å². The van der Waals surface area contributed by atoms with Crippen molar-refractivity contribution in [2.24, 2.45) is 5.92 Å². The molecule has 2 amide bonds. The number of amides is 2. The van der Waals surface area contributed by atoms with Crippen LogP contribution in [0.3, 0.4) is 0 Å². The number of carbonyl (C=O) groups excluding carboxylic acids is 2. The fourth-order valence-corrected chi connectivity index (χ4v) is 4.02. The smallest absolute Gasteiger partial charge is 0.326 e. The van der Waals surface area contributed by atoms with Crippen LogP contribution >= 0.6 is 0 Å². The van der Waals surface area contributed by atoms with Gasteiger partial charge < -0.3 is 5.11 Å². The van der Waals surface area contributed by atoms with E-state index < -0.39 is 23.5 Å². The average molecular weight is 463 g/mol. The number of aromatic nitrogens is 3. The molecule has 0 N–H and O–H groups in total. The molecule has 1 aliphatic rings. The van der Waals surface area contributed by atoms with E-state index in [9.17, 15) is 19.1 Å². The molecule has 0 aliphatic carbocycles. The van der Waals surface area contributed by atoms with E-state index in [0.29, 0.717) is 11.4 Å². The van der Waals surface area contributed by atoms with Crippen LogP contribution in [-0.4, -0.2) is 33.0 Å². The van der Waals surface area contributed by atoms with Gasteiger partial charge in [0.15, 0.2) is 12.4 Å². The first-order chi connectivity index (χ1) is 16.1. The second-order valence-corrected chi connectivity index (χ2v) is 9.23. The Bertz CT molecular complexity index is 1290. The SMILES string of the molecule is Cc1cc[n+](C2=C(c3c(C(C)C)nn(-c4ccc(F)cc4)c3[O-])C(=O)N(CC(C)C)C2=O)cc1. The Balaban J connectivity index is 2.00. The summed E-state index contributed by atoms with van der Waals surface area (Å²) in [6.07, 6.45) is 3.41. The Morgan fingerprint density at radius 3 is 2.18 bits per heavy atom. The van der Waals surface area contributed by atoms with Gasteiger partial charge in [-0.2, -0.15) is 9.67 Å². The monoisotopic (exact) mass is 462 g/mol. The Morgan fingerprint density at radius 2 is 1.62 bits per heavy atom. The second-order valence-electron chi connectivity index (χ2n) is 9.23. The predicted molar refractivity (Wildman–Crippen MR) is 123 cm³/mol. The first-order valence-electron chi connectivity index (χ1n) is 11.2. The quantitative estimate of drug-likeness (QED) is 0.416. The van der Waals surface area contributed by atoms with Gasteiger partial charge in [0.05, 0.1) is 11.4 Å². The van der Waals surface area contributed by atoms with Gasteiger partial charge in [-0.15, -0.1) is 0 Å². The summed E-state index contributed by atoms with van der Waals surface area (Å²) in [5.41, 5.74) is 2.05. The van der Waals surface area contributed by atoms with Crippen molar-refractivity contribution in [2.45, 2.75) is 40.5 Å². The minimum Gasteiger partial charge on any atom is -0.858 e. The number of aryl methyl sites for hydroxylation is 1. The molecule has 4 rings (SSSR count). The van der Waals surface area contributed by atoms with Crippen LogP contribution in [-0.2, 0) is 9.59 Å². The van der Waals surface area contributed by atoms with Gasteiger partial charge in [0.25, 0.3) is 11.6 Å². The largest absolute Gasteiger partial charge is 0.858 e. The van der Waals surface area contributed by atoms with Crippen LogP contribution in [0.5, 0.6) is 5.88 Å². The molecule has 0 radical (unpaired) electrons. The Labute approximate surface area is 197 Å². The predicted octanol–water partition coefficient (Wildman–Crippen LogP) is 3.20. The summed E-state index contributed by atoms with van der Waals surface area (Å²) in [5, 5.41) is 18.2. The zero-order valence-corrected chi connectivity index (χ0v) is 19.9. The number of nitrogens with zero attached hydrogens (tertiary/aromatic N) is 4. The van der Waals surface area contributed by atoms with E-state index in [1.165, 1.54) is 29.2 Å². The van der Waals surface area contributed by atoms with Gasteiger partial charge in [-0.25, -0.2) is 9.07 Å². The third-order valence-corrected chi connectivity index (χ3v) is 5.68. The fourth-order valence-electron chi connectivity index (χ4n) is 4.02. The topological polar surface area (TPSA) is 82.1 Å². The van der Waals surface area contributed by atoms with Crippen molar-refractivity contribution in [1.82, 2.24) is 14.7 Å². The zero-order chi connectivity index (χ0) is 24.7. The van der Waals surface area contributed by atoms with E-state index in [-0.39, 0.29) is 35.2 Å². The molecular formula is C26H27FN4O3. The lowest BCUT2D eigenvalue weighted by molar-refractivity contribution is -0.577. The molecule has 0 unspecified atom stereocenters. The molecule has 2 aromatic heterocycles. The second kappa shape index (κ2) is 8.85. The van der Waals surface area contributed by atoms with E-state index in [1.807, 2.05) is 46.8 Å². The number of imide groups is 1. The molecular weight excluding hydrogens is 435 g/mol. The lowest BCUT2D eigenvalue weighted by atomic mass is 9.98. The highest BCUT2D eigenvalue weighted by molar-refractivity contribution is 6.45. The van der Waals surface area contributed by atoms with Gasteiger partial charge in [0.1, 0.15) is 11.4 Å². The number of pyridine rings is 1. The molecule has 0 saturated heterocycles. The van der Waals surface area contributed by atoms with E-state index >= 15 is 0 Å². The highest BCUT2D eigenvalue weighted by Gasteiger charge is 2.47. The summed E-state index contributed by atoms with van der Waals surface area (Å²) in [6, 6.07) is 9.05. The molecule has 1 aromatic carbocycles. The third kappa shape index (κ3) is 4.00. The van der Waals surface area contributed by atoms with Crippen molar-refractivity contribution in [3.05, 3.63) is 71.4 Å². The molecule has 8 heteroatoms. The average Bonchev–Trinajstić information content (AvgIpc) is 3.24. The molecule has 3 heterocycles. The number of hydrogen-bond donors (Lipinski definition) is 0. The number of carbonyl (C=O) groups is 2. The molecule has 7 nitrogen and oxygen atoms in total. The molecule has 0 spiro atoms. The molecule has 1 aliphatic heterocycles. The molecule has 0 bridgehead atoms. The van der Waals surface area contributed by atoms with Crippen molar-refractivity contribution < 1.29 is 23.7 Å². The summed E-state index contributed by atoms with van der Waals surface area (Å²) in [5.74, 6) is -2.08. The van der Waals surface area contributed by atoms with Crippen LogP contribution in [0.25, 0.3) is 17.0 Å². The highest BCUT2D eigenvalue weighted by atomic mass is 19.1. The van der Waals surface area contributed by atoms with Crippen LogP contribution in [0, 0.1) is 18.7 Å². The van der Waals surface area contributed by atoms with Gasteiger partial charge in [-0.1, -0.05) is 27.7 Å². The van der Waals surface area contributed by atoms with Crippen molar-refractivity contribution in [3.63, 3.8) is 0 Å². The standard InChI is InChI=1S/C26H27FN4O3/c1-15(2)14-30-24(32)21(23(26(30)34)29-12-10-17(5)11-13-29)20-22(16(3)4)28-31(25(20)33)19-8-6-18(27)7-9-19/h6-13,15-16H,14H2,1-5H3. The summed E-state index contributed by atoms with van der Waals surface area (Å²) < 4.78 is 16.2. The molecule has 3 aromatic rings. The number of rotatable bonds is 6. The fraction of sp³-hybridized carbons (Fsp3) is 0.308. The molecule has 0 fully saturated rings. The van der Waals surface area contributed by atoms with Crippen LogP contribution in [0.15, 0.2) is 48.8 Å². The van der Waals surface area contributed by atoms with E-state index in [2.05, 4.69) is 5.10 Å². The molecule has 0 atom stereocenters. The van der Waals surface area contributed by atoms with Gasteiger partial charge in [0, 0.05) is 24.2 Å². The number of hydrogen-bond acceptors (Lipinski definition) is 4. The number of halogens is 1. The van der Waals surface area contributed by atoms with E-state index in [0.717, 1.165) is 10.2 Å². The minimum absolute atomic E-state index is 0.0431. The first-order valence-corrected chi connectivity index (χ1v) is 11.2. The van der Waals surface area contributed by atoms with Gasteiger partial charge in [-0.05, 0) is 54.5 Å². The Hall–Kier alpha value is -3.81. The number of benzene rings is 1. The van der Waals surface area contributed by atoms with Crippen molar-refractivity contribution in [3.8, 4) is 11.6 Å². The Kier molecular flexibility index (Phi) is 6.08. The van der Waals surface area contributed by atoms with Crippen molar-refractivity contribution >= 4 is 23.1 Å². The summed E-state index contributed by atoms with van der Waals surface area (Å²) >= 11 is 0. The summed E-state index contributed by atoms with van der Waals surface area (Å²) in [7, 11) is 0. The molecule has 0 saturated carbocycles. The summed E-state index contributed by atoms with van der Waals surface area (Å²) in [4.78, 5) is 28.3. The summed E-state index contributed by atoms with van der Waals surface area (Å²) in [6.45, 7) is 9.73. The van der Waals surface area contributed by atoms with Gasteiger partial charge in [-0.3, -0.25) is 14.5 Å². The maximum absolute atomic E-state index is 13.7. The maximum Gasteiger partial charge on any atom is 0.326 e. The lowest BCUT2D eigenvalue weighted by Crippen LogP contribution is -2.40. The van der Waals surface area contributed by atoms with Gasteiger partial charge in [0.2, 0.25) is 0 Å². The molecule has 34 heavy (non-hydrogen) atoms. The van der Waals surface area contributed by atoms with E-state index in [4.69, 9.17) is 0 Å². The maximum atomic E-state index is 13.7. The normalized spacial score (nSPS) is 14.3. The van der Waals surface area contributed by atoms with E-state index in [1.54, 1.807) is 17.0 Å². The van der Waals surface area contributed by atoms with Gasteiger partial charge >= 0.3 is 5.91 Å². The first kappa shape index (κ1) is 23.4. The third-order valence-electron chi connectivity index (χ3n) is 5.68. The van der Waals surface area contributed by atoms with Crippen molar-refractivity contribution in [2.75, 3.05) is 6.54 Å². The van der Waals surface area contributed by atoms with Crippen molar-refractivity contribution in [1.29, 1.82) is 0 Å². The minimum atomic E-state index is -0.525. The lowest BCUT2D eigenvalue weighted by Gasteiger charge is -2.17. The van der Waals surface area contributed by atoms with Crippen LogP contribution in [0.2, 0.25) is 0 Å².